The number of benzene rings is 1. The molecule has 0 aliphatic heterocycles. The van der Waals surface area contributed by atoms with Crippen molar-refractivity contribution in [3.63, 3.8) is 0 Å². The molecule has 0 atom stereocenters. The summed E-state index contributed by atoms with van der Waals surface area (Å²) in [7, 11) is 0. The zero-order valence-corrected chi connectivity index (χ0v) is 8.97. The molecular weight excluding hydrogens is 208 g/mol. The molecule has 0 aliphatic rings. The molecule has 0 fully saturated rings. The first-order chi connectivity index (χ1) is 7.24. The van der Waals surface area contributed by atoms with E-state index in [1.165, 1.54) is 10.9 Å². The number of rotatable bonds is 0. The fourth-order valence-corrected chi connectivity index (χ4v) is 2.02. The summed E-state index contributed by atoms with van der Waals surface area (Å²) in [6.45, 7) is 2.08. The Balaban J connectivity index is 2.55. The highest BCUT2D eigenvalue weighted by Crippen LogP contribution is 2.26. The minimum absolute atomic E-state index is 0.671. The molecule has 1 N–H and O–H groups in total. The van der Waals surface area contributed by atoms with Crippen LogP contribution in [-0.2, 0) is 0 Å². The molecular formula is C12H9ClN2. The maximum absolute atomic E-state index is 5.94. The first kappa shape index (κ1) is 8.74. The van der Waals surface area contributed by atoms with Crippen LogP contribution in [0.15, 0.2) is 30.5 Å². The number of hydrogen-bond donors (Lipinski definition) is 1. The van der Waals surface area contributed by atoms with Crippen LogP contribution in [0, 0.1) is 6.92 Å². The molecule has 0 saturated carbocycles. The molecule has 3 rings (SSSR count). The topological polar surface area (TPSA) is 28.7 Å². The second kappa shape index (κ2) is 2.97. The minimum Gasteiger partial charge on any atom is -0.339 e. The molecule has 2 nitrogen and oxygen atoms in total. The van der Waals surface area contributed by atoms with Crippen LogP contribution in [0.5, 0.6) is 0 Å². The number of nitrogens with zero attached hydrogens (tertiary/aromatic N) is 1. The monoisotopic (exact) mass is 216 g/mol. The number of halogens is 1. The molecule has 0 spiro atoms. The zero-order valence-electron chi connectivity index (χ0n) is 8.21. The second-order valence-corrected chi connectivity index (χ2v) is 4.16. The number of aromatic nitrogens is 2. The zero-order chi connectivity index (χ0) is 10.4. The van der Waals surface area contributed by atoms with E-state index in [0.29, 0.717) is 5.02 Å². The van der Waals surface area contributed by atoms with E-state index in [2.05, 4.69) is 35.1 Å². The molecule has 1 aromatic carbocycles. The summed E-state index contributed by atoms with van der Waals surface area (Å²) < 4.78 is 0. The highest BCUT2D eigenvalue weighted by Gasteiger charge is 2.05. The van der Waals surface area contributed by atoms with Crippen molar-refractivity contribution in [3.05, 3.63) is 41.0 Å². The quantitative estimate of drug-likeness (QED) is 0.610. The molecule has 0 amide bonds. The summed E-state index contributed by atoms with van der Waals surface area (Å²) in [6.07, 6.45) is 1.66. The Kier molecular flexibility index (Phi) is 1.73. The SMILES string of the molecule is Cc1ccc2[nH]c3ncc(Cl)cc3c2c1. The summed E-state index contributed by atoms with van der Waals surface area (Å²) in [4.78, 5) is 7.52. The van der Waals surface area contributed by atoms with E-state index in [-0.39, 0.29) is 0 Å². The van der Waals surface area contributed by atoms with Gasteiger partial charge < -0.3 is 4.98 Å². The number of pyridine rings is 1. The van der Waals surface area contributed by atoms with Crippen LogP contribution in [0.4, 0.5) is 0 Å². The Morgan fingerprint density at radius 1 is 1.20 bits per heavy atom. The van der Waals surface area contributed by atoms with Gasteiger partial charge in [0.1, 0.15) is 5.65 Å². The summed E-state index contributed by atoms with van der Waals surface area (Å²) >= 11 is 5.94. The number of nitrogens with one attached hydrogen (secondary N) is 1. The number of fused-ring (bicyclic) bond motifs is 3. The third-order valence-corrected chi connectivity index (χ3v) is 2.78. The molecule has 3 heteroatoms. The standard InChI is InChI=1S/C12H9ClN2/c1-7-2-3-11-9(4-7)10-5-8(13)6-14-12(10)15-11/h2-6H,1H3,(H,14,15). The van der Waals surface area contributed by atoms with Gasteiger partial charge in [-0.1, -0.05) is 23.2 Å². The highest BCUT2D eigenvalue weighted by molar-refractivity contribution is 6.31. The van der Waals surface area contributed by atoms with E-state index in [1.54, 1.807) is 6.20 Å². The van der Waals surface area contributed by atoms with E-state index in [0.717, 1.165) is 16.6 Å². The lowest BCUT2D eigenvalue weighted by molar-refractivity contribution is 1.35. The predicted octanol–water partition coefficient (Wildman–Crippen LogP) is 3.68. The third kappa shape index (κ3) is 1.29. The van der Waals surface area contributed by atoms with Crippen LogP contribution < -0.4 is 0 Å². The normalized spacial score (nSPS) is 11.3. The smallest absolute Gasteiger partial charge is 0.138 e. The van der Waals surface area contributed by atoms with Gasteiger partial charge in [0, 0.05) is 22.5 Å². The third-order valence-electron chi connectivity index (χ3n) is 2.57. The lowest BCUT2D eigenvalue weighted by Gasteiger charge is -1.93. The summed E-state index contributed by atoms with van der Waals surface area (Å²) in [5, 5.41) is 2.94. The van der Waals surface area contributed by atoms with Crippen molar-refractivity contribution in [2.24, 2.45) is 0 Å². The summed E-state index contributed by atoms with van der Waals surface area (Å²) in [6, 6.07) is 8.24. The van der Waals surface area contributed by atoms with E-state index in [4.69, 9.17) is 11.6 Å². The molecule has 74 valence electrons. The molecule has 0 bridgehead atoms. The molecule has 0 aliphatic carbocycles. The lowest BCUT2D eigenvalue weighted by Crippen LogP contribution is -1.74. The van der Waals surface area contributed by atoms with Gasteiger partial charge in [-0.2, -0.15) is 0 Å². The van der Waals surface area contributed by atoms with Crippen LogP contribution in [0.2, 0.25) is 5.02 Å². The average molecular weight is 217 g/mol. The number of aryl methyl sites for hydroxylation is 1. The summed E-state index contributed by atoms with van der Waals surface area (Å²) in [5.41, 5.74) is 3.23. The Morgan fingerprint density at radius 2 is 2.07 bits per heavy atom. The first-order valence-electron chi connectivity index (χ1n) is 4.77. The predicted molar refractivity (Wildman–Crippen MR) is 63.3 cm³/mol. The van der Waals surface area contributed by atoms with Gasteiger partial charge in [-0.15, -0.1) is 0 Å². The number of aromatic amines is 1. The van der Waals surface area contributed by atoms with Gasteiger partial charge in [-0.25, -0.2) is 4.98 Å². The fraction of sp³-hybridized carbons (Fsp3) is 0.0833. The molecule has 0 saturated heterocycles. The molecule has 15 heavy (non-hydrogen) atoms. The second-order valence-electron chi connectivity index (χ2n) is 3.72. The summed E-state index contributed by atoms with van der Waals surface area (Å²) in [5.74, 6) is 0. The van der Waals surface area contributed by atoms with Crippen molar-refractivity contribution in [1.82, 2.24) is 9.97 Å². The van der Waals surface area contributed by atoms with Gasteiger partial charge in [0.25, 0.3) is 0 Å². The first-order valence-corrected chi connectivity index (χ1v) is 5.15. The maximum atomic E-state index is 5.94. The van der Waals surface area contributed by atoms with E-state index < -0.39 is 0 Å². The Hall–Kier alpha value is -1.54. The molecule has 0 radical (unpaired) electrons. The van der Waals surface area contributed by atoms with E-state index >= 15 is 0 Å². The van der Waals surface area contributed by atoms with E-state index in [9.17, 15) is 0 Å². The van der Waals surface area contributed by atoms with Gasteiger partial charge in [0.2, 0.25) is 0 Å². The van der Waals surface area contributed by atoms with Crippen molar-refractivity contribution in [3.8, 4) is 0 Å². The average Bonchev–Trinajstić information content (AvgIpc) is 2.56. The van der Waals surface area contributed by atoms with Crippen molar-refractivity contribution in [2.45, 2.75) is 6.92 Å². The van der Waals surface area contributed by atoms with Gasteiger partial charge in [-0.3, -0.25) is 0 Å². The fourth-order valence-electron chi connectivity index (χ4n) is 1.86. The van der Waals surface area contributed by atoms with Crippen LogP contribution >= 0.6 is 11.6 Å². The molecule has 2 aromatic heterocycles. The molecule has 0 unspecified atom stereocenters. The van der Waals surface area contributed by atoms with Crippen molar-refractivity contribution < 1.29 is 0 Å². The van der Waals surface area contributed by atoms with Gasteiger partial charge in [-0.05, 0) is 25.1 Å². The Morgan fingerprint density at radius 3 is 2.93 bits per heavy atom. The van der Waals surface area contributed by atoms with Crippen LogP contribution in [0.25, 0.3) is 21.9 Å². The maximum Gasteiger partial charge on any atom is 0.138 e. The van der Waals surface area contributed by atoms with Crippen molar-refractivity contribution in [1.29, 1.82) is 0 Å². The minimum atomic E-state index is 0.671. The molecule has 2 heterocycles. The van der Waals surface area contributed by atoms with Gasteiger partial charge in [0.15, 0.2) is 0 Å². The number of H-pyrrole nitrogens is 1. The number of hydrogen-bond acceptors (Lipinski definition) is 1. The van der Waals surface area contributed by atoms with Crippen molar-refractivity contribution in [2.75, 3.05) is 0 Å². The van der Waals surface area contributed by atoms with Crippen LogP contribution in [-0.4, -0.2) is 9.97 Å². The van der Waals surface area contributed by atoms with Crippen molar-refractivity contribution >= 4 is 33.5 Å². The highest BCUT2D eigenvalue weighted by atomic mass is 35.5. The molecule has 3 aromatic rings. The van der Waals surface area contributed by atoms with Crippen LogP contribution in [0.3, 0.4) is 0 Å². The lowest BCUT2D eigenvalue weighted by atomic mass is 10.1. The van der Waals surface area contributed by atoms with Gasteiger partial charge in [0.05, 0.1) is 5.02 Å². The Labute approximate surface area is 91.9 Å². The van der Waals surface area contributed by atoms with E-state index in [1.807, 2.05) is 6.07 Å². The van der Waals surface area contributed by atoms with Crippen LogP contribution in [0.1, 0.15) is 5.56 Å². The van der Waals surface area contributed by atoms with Gasteiger partial charge >= 0.3 is 0 Å². The Bertz CT molecular complexity index is 599. The largest absolute Gasteiger partial charge is 0.339 e.